The van der Waals surface area contributed by atoms with Crippen LogP contribution < -0.4 is 10.8 Å². The first-order valence-corrected chi connectivity index (χ1v) is 5.85. The van der Waals surface area contributed by atoms with Gasteiger partial charge in [0.1, 0.15) is 10.6 Å². The Balaban J connectivity index is 2.37. The van der Waals surface area contributed by atoms with E-state index >= 15 is 0 Å². The minimum atomic E-state index is -1.06. The molecule has 3 rings (SSSR count). The second kappa shape index (κ2) is 4.15. The third-order valence-corrected chi connectivity index (χ3v) is 3.27. The molecule has 19 heavy (non-hydrogen) atoms. The Hall–Kier alpha value is -2.24. The molecule has 0 saturated heterocycles. The van der Waals surface area contributed by atoms with Crippen LogP contribution in [0.5, 0.6) is 0 Å². The molecule has 0 unspecified atom stereocenters. The first-order valence-electron chi connectivity index (χ1n) is 5.48. The van der Waals surface area contributed by atoms with Crippen LogP contribution in [0.25, 0.3) is 21.7 Å². The lowest BCUT2D eigenvalue weighted by molar-refractivity contribution is 0.205. The molecule has 2 aromatic carbocycles. The second-order valence-electron chi connectivity index (χ2n) is 4.03. The van der Waals surface area contributed by atoms with Gasteiger partial charge in [-0.3, -0.25) is 5.21 Å². The number of furan rings is 1. The Labute approximate surface area is 112 Å². The van der Waals surface area contributed by atoms with Gasteiger partial charge in [-0.2, -0.15) is 0 Å². The number of nitrogens with two attached hydrogens (primary N) is 1. The van der Waals surface area contributed by atoms with Crippen molar-refractivity contribution in [1.29, 1.82) is 0 Å². The summed E-state index contributed by atoms with van der Waals surface area (Å²) in [5.41, 5.74) is 5.49. The zero-order valence-electron chi connectivity index (χ0n) is 9.63. The molecule has 0 atom stereocenters. The van der Waals surface area contributed by atoms with Crippen LogP contribution in [-0.2, 0) is 0 Å². The number of fused-ring (bicyclic) bond motifs is 3. The molecule has 1 heterocycles. The Morgan fingerprint density at radius 3 is 2.68 bits per heavy atom. The van der Waals surface area contributed by atoms with Gasteiger partial charge in [-0.05, 0) is 11.5 Å². The summed E-state index contributed by atoms with van der Waals surface area (Å²) in [6, 6.07) is 10.1. The summed E-state index contributed by atoms with van der Waals surface area (Å²) in [5.74, 6) is -0.180. The number of anilines is 1. The van der Waals surface area contributed by atoms with Crippen molar-refractivity contribution < 1.29 is 14.4 Å². The summed E-state index contributed by atoms with van der Waals surface area (Å²) in [4.78, 5) is 11.0. The standard InChI is InChI=1S/C13H9ClN2O3/c14-10-9-6-5-7-3-1-2-4-8(7)11(9)19-12(10)16(18)13(15)17/h1-6,18H,(H2,15,17). The quantitative estimate of drug-likeness (QED) is 0.527. The van der Waals surface area contributed by atoms with Crippen LogP contribution in [0.3, 0.4) is 0 Å². The number of halogens is 1. The molecule has 0 fully saturated rings. The lowest BCUT2D eigenvalue weighted by atomic mass is 10.1. The highest BCUT2D eigenvalue weighted by Gasteiger charge is 2.21. The maximum Gasteiger partial charge on any atom is 0.346 e. The summed E-state index contributed by atoms with van der Waals surface area (Å²) < 4.78 is 5.48. The fraction of sp³-hybridized carbons (Fsp3) is 0. The van der Waals surface area contributed by atoms with Crippen molar-refractivity contribution in [3.05, 3.63) is 41.4 Å². The van der Waals surface area contributed by atoms with Gasteiger partial charge in [0, 0.05) is 10.8 Å². The van der Waals surface area contributed by atoms with Gasteiger partial charge < -0.3 is 10.2 Å². The Morgan fingerprint density at radius 1 is 1.21 bits per heavy atom. The topological polar surface area (TPSA) is 79.7 Å². The van der Waals surface area contributed by atoms with Gasteiger partial charge in [-0.25, -0.2) is 4.79 Å². The smallest absolute Gasteiger partial charge is 0.346 e. The largest absolute Gasteiger partial charge is 0.436 e. The van der Waals surface area contributed by atoms with Crippen molar-refractivity contribution in [3.63, 3.8) is 0 Å². The van der Waals surface area contributed by atoms with Crippen LogP contribution in [0.4, 0.5) is 10.7 Å². The fourth-order valence-corrected chi connectivity index (χ4v) is 2.29. The molecule has 6 heteroatoms. The predicted octanol–water partition coefficient (Wildman–Crippen LogP) is 3.51. The van der Waals surface area contributed by atoms with Crippen LogP contribution in [0.2, 0.25) is 5.02 Å². The monoisotopic (exact) mass is 276 g/mol. The zero-order valence-corrected chi connectivity index (χ0v) is 10.4. The SMILES string of the molecule is NC(=O)N(O)c1oc2c(ccc3ccccc32)c1Cl. The van der Waals surface area contributed by atoms with Crippen molar-refractivity contribution in [3.8, 4) is 0 Å². The Morgan fingerprint density at radius 2 is 1.95 bits per heavy atom. The first kappa shape index (κ1) is 11.8. The first-order chi connectivity index (χ1) is 9.09. The molecule has 2 amide bonds. The van der Waals surface area contributed by atoms with E-state index < -0.39 is 6.03 Å². The third kappa shape index (κ3) is 1.71. The van der Waals surface area contributed by atoms with Gasteiger partial charge >= 0.3 is 6.03 Å². The van der Waals surface area contributed by atoms with E-state index in [1.54, 1.807) is 6.07 Å². The molecule has 0 spiro atoms. The van der Waals surface area contributed by atoms with Crippen LogP contribution in [0.1, 0.15) is 0 Å². The number of benzene rings is 2. The fourth-order valence-electron chi connectivity index (χ4n) is 2.02. The highest BCUT2D eigenvalue weighted by Crippen LogP contribution is 2.39. The van der Waals surface area contributed by atoms with E-state index in [1.807, 2.05) is 30.3 Å². The molecule has 96 valence electrons. The minimum absolute atomic E-state index is 0.141. The average Bonchev–Trinajstić information content (AvgIpc) is 2.75. The number of primary amides is 1. The predicted molar refractivity (Wildman–Crippen MR) is 72.6 cm³/mol. The normalized spacial score (nSPS) is 11.1. The third-order valence-electron chi connectivity index (χ3n) is 2.90. The van der Waals surface area contributed by atoms with Gasteiger partial charge in [0.2, 0.25) is 5.88 Å². The van der Waals surface area contributed by atoms with Crippen LogP contribution >= 0.6 is 11.6 Å². The number of carbonyl (C=O) groups is 1. The molecular formula is C13H9ClN2O3. The summed E-state index contributed by atoms with van der Waals surface area (Å²) in [7, 11) is 0. The summed E-state index contributed by atoms with van der Waals surface area (Å²) in [6.07, 6.45) is 0. The number of carbonyl (C=O) groups excluding carboxylic acids is 1. The molecule has 0 aliphatic rings. The summed E-state index contributed by atoms with van der Waals surface area (Å²) in [5, 5.41) is 12.3. The maximum absolute atomic E-state index is 11.0. The number of hydrogen-bond acceptors (Lipinski definition) is 3. The average molecular weight is 277 g/mol. The van der Waals surface area contributed by atoms with E-state index in [0.717, 1.165) is 10.8 Å². The summed E-state index contributed by atoms with van der Waals surface area (Å²) >= 11 is 6.09. The number of hydrogen-bond donors (Lipinski definition) is 2. The molecule has 0 radical (unpaired) electrons. The van der Waals surface area contributed by atoms with Crippen LogP contribution in [0.15, 0.2) is 40.8 Å². The second-order valence-corrected chi connectivity index (χ2v) is 4.41. The van der Waals surface area contributed by atoms with E-state index in [-0.39, 0.29) is 16.0 Å². The Bertz CT molecular complexity index is 797. The lowest BCUT2D eigenvalue weighted by Gasteiger charge is -2.07. The van der Waals surface area contributed by atoms with Crippen LogP contribution in [-0.4, -0.2) is 11.2 Å². The molecule has 5 nitrogen and oxygen atoms in total. The highest BCUT2D eigenvalue weighted by molar-refractivity contribution is 6.39. The minimum Gasteiger partial charge on any atom is -0.436 e. The molecule has 0 aliphatic heterocycles. The van der Waals surface area contributed by atoms with Gasteiger partial charge in [0.25, 0.3) is 0 Å². The van der Waals surface area contributed by atoms with Crippen molar-refractivity contribution >= 4 is 45.3 Å². The number of urea groups is 1. The Kier molecular flexibility index (Phi) is 2.58. The van der Waals surface area contributed by atoms with E-state index in [0.29, 0.717) is 11.0 Å². The zero-order chi connectivity index (χ0) is 13.6. The van der Waals surface area contributed by atoms with E-state index in [2.05, 4.69) is 0 Å². The van der Waals surface area contributed by atoms with E-state index in [4.69, 9.17) is 21.8 Å². The molecule has 0 bridgehead atoms. The highest BCUT2D eigenvalue weighted by atomic mass is 35.5. The lowest BCUT2D eigenvalue weighted by Crippen LogP contribution is -2.32. The number of nitrogens with zero attached hydrogens (tertiary/aromatic N) is 1. The molecule has 0 saturated carbocycles. The van der Waals surface area contributed by atoms with Gasteiger partial charge in [-0.1, -0.05) is 41.9 Å². The molecule has 0 aliphatic carbocycles. The molecule has 3 aromatic rings. The van der Waals surface area contributed by atoms with E-state index in [9.17, 15) is 10.0 Å². The van der Waals surface area contributed by atoms with E-state index in [1.165, 1.54) is 0 Å². The van der Waals surface area contributed by atoms with Crippen LogP contribution in [0, 0.1) is 0 Å². The molecular weight excluding hydrogens is 268 g/mol. The van der Waals surface area contributed by atoms with Crippen molar-refractivity contribution in [2.75, 3.05) is 5.06 Å². The van der Waals surface area contributed by atoms with Gasteiger partial charge in [0.05, 0.1) is 0 Å². The van der Waals surface area contributed by atoms with Crippen molar-refractivity contribution in [2.24, 2.45) is 5.73 Å². The number of amides is 2. The van der Waals surface area contributed by atoms with Crippen molar-refractivity contribution in [2.45, 2.75) is 0 Å². The number of rotatable bonds is 1. The van der Waals surface area contributed by atoms with Gasteiger partial charge in [0.15, 0.2) is 0 Å². The molecule has 1 aromatic heterocycles. The molecule has 3 N–H and O–H groups in total. The van der Waals surface area contributed by atoms with Gasteiger partial charge in [-0.15, -0.1) is 5.06 Å². The summed E-state index contributed by atoms with van der Waals surface area (Å²) in [6.45, 7) is 0. The number of hydroxylamine groups is 1. The maximum atomic E-state index is 11.0. The van der Waals surface area contributed by atoms with Crippen molar-refractivity contribution in [1.82, 2.24) is 0 Å².